The van der Waals surface area contributed by atoms with Crippen molar-refractivity contribution in [3.05, 3.63) is 52.7 Å². The van der Waals surface area contributed by atoms with Crippen LogP contribution < -0.4 is 5.73 Å². The van der Waals surface area contributed by atoms with E-state index in [1.165, 1.54) is 22.5 Å². The number of nitrogens with two attached hydrogens (primary N) is 1. The average Bonchev–Trinajstić information content (AvgIpc) is 3.16. The van der Waals surface area contributed by atoms with Crippen LogP contribution in [-0.2, 0) is 31.1 Å². The highest BCUT2D eigenvalue weighted by molar-refractivity contribution is 7.13. The number of carbonyl (C=O) groups is 1. The van der Waals surface area contributed by atoms with Gasteiger partial charge in [0.1, 0.15) is 0 Å². The molecule has 1 amide bonds. The number of amides is 1. The molecule has 0 saturated carbocycles. The average molecular weight is 382 g/mol. The summed E-state index contributed by atoms with van der Waals surface area (Å²) in [4.78, 5) is 18.9. The summed E-state index contributed by atoms with van der Waals surface area (Å²) in [5.41, 5.74) is 11.3. The van der Waals surface area contributed by atoms with Crippen LogP contribution in [0.5, 0.6) is 0 Å². The lowest BCUT2D eigenvalue weighted by Gasteiger charge is -2.20. The van der Waals surface area contributed by atoms with Crippen molar-refractivity contribution in [3.63, 3.8) is 0 Å². The van der Waals surface area contributed by atoms with Crippen molar-refractivity contribution in [2.75, 3.05) is 18.8 Å². The van der Waals surface area contributed by atoms with Gasteiger partial charge in [0.2, 0.25) is 5.91 Å². The van der Waals surface area contributed by atoms with Gasteiger partial charge in [-0.3, -0.25) is 9.48 Å². The second kappa shape index (κ2) is 7.52. The zero-order valence-corrected chi connectivity index (χ0v) is 16.2. The molecule has 2 N–H and O–H groups in total. The number of thiazole rings is 1. The van der Waals surface area contributed by atoms with Crippen molar-refractivity contribution in [3.8, 4) is 11.3 Å². The second-order valence-corrected chi connectivity index (χ2v) is 7.71. The number of aryl methyl sites for hydroxylation is 2. The Morgan fingerprint density at radius 1 is 1.22 bits per heavy atom. The number of hydrogen-bond donors (Lipinski definition) is 1. The number of nitrogens with zero attached hydrogens (tertiary/aromatic N) is 4. The standard InChI is InChI=1S/C20H23N5OS/c1-24-19(14-5-3-2-4-6-14)16-9-11-25(12-10-17(16)23-24)18(26)8-7-15-13-27-20(21)22-15/h2-6,13H,7-12H2,1H3,(H2,21,22). The number of anilines is 1. The summed E-state index contributed by atoms with van der Waals surface area (Å²) in [5, 5.41) is 7.22. The van der Waals surface area contributed by atoms with Gasteiger partial charge in [0.25, 0.3) is 0 Å². The van der Waals surface area contributed by atoms with Crippen molar-refractivity contribution in [2.24, 2.45) is 7.05 Å². The fourth-order valence-electron chi connectivity index (χ4n) is 3.72. The van der Waals surface area contributed by atoms with Gasteiger partial charge in [0.05, 0.1) is 17.1 Å². The summed E-state index contributed by atoms with van der Waals surface area (Å²) >= 11 is 1.42. The predicted octanol–water partition coefficient (Wildman–Crippen LogP) is 2.69. The van der Waals surface area contributed by atoms with E-state index >= 15 is 0 Å². The van der Waals surface area contributed by atoms with Gasteiger partial charge in [0.15, 0.2) is 5.13 Å². The molecule has 6 nitrogen and oxygen atoms in total. The first-order valence-corrected chi connectivity index (χ1v) is 10.1. The summed E-state index contributed by atoms with van der Waals surface area (Å²) in [6.07, 6.45) is 2.75. The van der Waals surface area contributed by atoms with Gasteiger partial charge in [-0.15, -0.1) is 11.3 Å². The van der Waals surface area contributed by atoms with Gasteiger partial charge in [-0.25, -0.2) is 4.98 Å². The number of fused-ring (bicyclic) bond motifs is 1. The molecule has 4 rings (SSSR count). The number of benzene rings is 1. The van der Waals surface area contributed by atoms with E-state index in [4.69, 9.17) is 10.8 Å². The normalized spacial score (nSPS) is 14.0. The van der Waals surface area contributed by atoms with Crippen molar-refractivity contribution in [1.29, 1.82) is 0 Å². The van der Waals surface area contributed by atoms with Crippen LogP contribution in [0.15, 0.2) is 35.7 Å². The van der Waals surface area contributed by atoms with Crippen molar-refractivity contribution in [1.82, 2.24) is 19.7 Å². The molecule has 7 heteroatoms. The van der Waals surface area contributed by atoms with Gasteiger partial charge in [-0.1, -0.05) is 30.3 Å². The highest BCUT2D eigenvalue weighted by Gasteiger charge is 2.24. The lowest BCUT2D eigenvalue weighted by molar-refractivity contribution is -0.131. The molecule has 0 atom stereocenters. The Morgan fingerprint density at radius 3 is 2.74 bits per heavy atom. The molecule has 1 aliphatic rings. The highest BCUT2D eigenvalue weighted by Crippen LogP contribution is 2.28. The van der Waals surface area contributed by atoms with Crippen LogP contribution in [0.25, 0.3) is 11.3 Å². The smallest absolute Gasteiger partial charge is 0.222 e. The van der Waals surface area contributed by atoms with Crippen LogP contribution in [0.1, 0.15) is 23.4 Å². The van der Waals surface area contributed by atoms with Gasteiger partial charge in [-0.2, -0.15) is 5.10 Å². The van der Waals surface area contributed by atoms with E-state index < -0.39 is 0 Å². The summed E-state index contributed by atoms with van der Waals surface area (Å²) in [6, 6.07) is 10.4. The summed E-state index contributed by atoms with van der Waals surface area (Å²) in [5.74, 6) is 0.178. The molecular weight excluding hydrogens is 358 g/mol. The van der Waals surface area contributed by atoms with E-state index in [1.807, 2.05) is 40.2 Å². The van der Waals surface area contributed by atoms with E-state index in [-0.39, 0.29) is 5.91 Å². The first-order valence-electron chi connectivity index (χ1n) is 9.19. The van der Waals surface area contributed by atoms with E-state index in [2.05, 4.69) is 17.1 Å². The Hall–Kier alpha value is -2.67. The Morgan fingerprint density at radius 2 is 2.00 bits per heavy atom. The number of nitrogen functional groups attached to an aromatic ring is 1. The van der Waals surface area contributed by atoms with Gasteiger partial charge < -0.3 is 10.6 Å². The Bertz CT molecular complexity index is 947. The molecule has 0 radical (unpaired) electrons. The maximum atomic E-state index is 12.7. The van der Waals surface area contributed by atoms with Crippen LogP contribution in [0.4, 0.5) is 5.13 Å². The predicted molar refractivity (Wildman–Crippen MR) is 107 cm³/mol. The van der Waals surface area contributed by atoms with E-state index in [0.29, 0.717) is 18.0 Å². The number of carbonyl (C=O) groups excluding carboxylic acids is 1. The first-order chi connectivity index (χ1) is 13.1. The molecule has 2 aromatic heterocycles. The topological polar surface area (TPSA) is 77.0 Å². The fourth-order valence-corrected chi connectivity index (χ4v) is 4.32. The molecule has 27 heavy (non-hydrogen) atoms. The maximum absolute atomic E-state index is 12.7. The third kappa shape index (κ3) is 3.73. The molecule has 1 aliphatic heterocycles. The monoisotopic (exact) mass is 381 g/mol. The fraction of sp³-hybridized carbons (Fsp3) is 0.350. The quantitative estimate of drug-likeness (QED) is 0.754. The molecule has 0 fully saturated rings. The molecule has 140 valence electrons. The first kappa shape index (κ1) is 17.7. The minimum atomic E-state index is 0.178. The molecule has 0 aliphatic carbocycles. The van der Waals surface area contributed by atoms with E-state index in [0.717, 1.165) is 43.0 Å². The van der Waals surface area contributed by atoms with Crippen molar-refractivity contribution >= 4 is 22.4 Å². The molecule has 1 aromatic carbocycles. The SMILES string of the molecule is Cn1nc2c(c1-c1ccccc1)CCN(C(=O)CCc1csc(N)n1)CC2. The Labute approximate surface area is 162 Å². The van der Waals surface area contributed by atoms with E-state index in [1.54, 1.807) is 0 Å². The maximum Gasteiger partial charge on any atom is 0.222 e. The molecular formula is C20H23N5OS. The van der Waals surface area contributed by atoms with E-state index in [9.17, 15) is 4.79 Å². The number of hydrogen-bond acceptors (Lipinski definition) is 5. The van der Waals surface area contributed by atoms with Crippen LogP contribution in [0.2, 0.25) is 0 Å². The van der Waals surface area contributed by atoms with Crippen LogP contribution >= 0.6 is 11.3 Å². The van der Waals surface area contributed by atoms with Crippen LogP contribution in [0.3, 0.4) is 0 Å². The van der Waals surface area contributed by atoms with Gasteiger partial charge in [0, 0.05) is 49.5 Å². The zero-order valence-electron chi connectivity index (χ0n) is 15.4. The lowest BCUT2D eigenvalue weighted by Crippen LogP contribution is -2.33. The third-order valence-corrected chi connectivity index (χ3v) is 5.77. The Kier molecular flexibility index (Phi) is 4.94. The lowest BCUT2D eigenvalue weighted by atomic mass is 10.0. The Balaban J connectivity index is 1.45. The molecule has 0 saturated heterocycles. The van der Waals surface area contributed by atoms with Gasteiger partial charge >= 0.3 is 0 Å². The summed E-state index contributed by atoms with van der Waals surface area (Å²) < 4.78 is 1.98. The summed E-state index contributed by atoms with van der Waals surface area (Å²) in [7, 11) is 2.00. The van der Waals surface area contributed by atoms with Crippen LogP contribution in [-0.4, -0.2) is 38.7 Å². The van der Waals surface area contributed by atoms with Crippen molar-refractivity contribution in [2.45, 2.75) is 25.7 Å². The summed E-state index contributed by atoms with van der Waals surface area (Å²) in [6.45, 7) is 1.45. The van der Waals surface area contributed by atoms with Crippen LogP contribution in [0, 0.1) is 0 Å². The number of rotatable bonds is 4. The molecule has 3 aromatic rings. The second-order valence-electron chi connectivity index (χ2n) is 6.82. The molecule has 0 spiro atoms. The minimum absolute atomic E-state index is 0.178. The molecule has 0 bridgehead atoms. The zero-order chi connectivity index (χ0) is 18.8. The van der Waals surface area contributed by atoms with Gasteiger partial charge in [-0.05, 0) is 12.8 Å². The molecule has 3 heterocycles. The van der Waals surface area contributed by atoms with Crippen molar-refractivity contribution < 1.29 is 4.79 Å². The third-order valence-electron chi connectivity index (χ3n) is 5.04. The highest BCUT2D eigenvalue weighted by atomic mass is 32.1. The number of aromatic nitrogens is 3. The largest absolute Gasteiger partial charge is 0.375 e. The molecule has 0 unspecified atom stereocenters. The minimum Gasteiger partial charge on any atom is -0.375 e.